The van der Waals surface area contributed by atoms with Gasteiger partial charge in [0.15, 0.2) is 0 Å². The number of halogens is 1. The van der Waals surface area contributed by atoms with Crippen molar-refractivity contribution in [3.63, 3.8) is 0 Å². The zero-order chi connectivity index (χ0) is 11.7. The number of hydrogen-bond donors (Lipinski definition) is 1. The molecule has 1 aliphatic rings. The Bertz CT molecular complexity index is 399. The average Bonchev–Trinajstić information content (AvgIpc) is 2.60. The Hall–Kier alpha value is -1.42. The smallest absolute Gasteiger partial charge is 0.227 e. The summed E-state index contributed by atoms with van der Waals surface area (Å²) in [5.74, 6) is -0.235. The molecule has 0 radical (unpaired) electrons. The topological polar surface area (TPSA) is 46.3 Å². The molecule has 0 spiro atoms. The van der Waals surface area contributed by atoms with Crippen molar-refractivity contribution in [1.82, 2.24) is 0 Å². The van der Waals surface area contributed by atoms with E-state index >= 15 is 0 Å². The Morgan fingerprint density at radius 2 is 2.31 bits per heavy atom. The number of anilines is 1. The van der Waals surface area contributed by atoms with E-state index in [1.807, 2.05) is 13.0 Å². The van der Waals surface area contributed by atoms with Crippen LogP contribution in [-0.4, -0.2) is 19.0 Å². The largest absolute Gasteiger partial charge is 0.330 e. The highest BCUT2D eigenvalue weighted by Gasteiger charge is 2.31. The Kier molecular flexibility index (Phi) is 2.92. The summed E-state index contributed by atoms with van der Waals surface area (Å²) in [5.41, 5.74) is 6.73. The van der Waals surface area contributed by atoms with E-state index in [2.05, 4.69) is 0 Å². The van der Waals surface area contributed by atoms with Crippen LogP contribution in [0.1, 0.15) is 12.0 Å². The normalized spacial score (nSPS) is 20.6. The van der Waals surface area contributed by atoms with Gasteiger partial charge in [-0.15, -0.1) is 0 Å². The highest BCUT2D eigenvalue weighted by molar-refractivity contribution is 5.96. The molecule has 1 heterocycles. The Labute approximate surface area is 94.0 Å². The molecule has 2 rings (SSSR count). The quantitative estimate of drug-likeness (QED) is 0.823. The van der Waals surface area contributed by atoms with Crippen molar-refractivity contribution in [2.45, 2.75) is 13.3 Å². The van der Waals surface area contributed by atoms with Crippen molar-refractivity contribution in [3.8, 4) is 0 Å². The van der Waals surface area contributed by atoms with Crippen LogP contribution < -0.4 is 10.6 Å². The molecule has 86 valence electrons. The Morgan fingerprint density at radius 1 is 1.56 bits per heavy atom. The van der Waals surface area contributed by atoms with Gasteiger partial charge >= 0.3 is 0 Å². The van der Waals surface area contributed by atoms with Crippen molar-refractivity contribution < 1.29 is 9.18 Å². The van der Waals surface area contributed by atoms with Crippen LogP contribution in [0.2, 0.25) is 0 Å². The number of hydrogen-bond acceptors (Lipinski definition) is 2. The molecule has 1 aromatic rings. The first kappa shape index (κ1) is 11.1. The van der Waals surface area contributed by atoms with E-state index in [-0.39, 0.29) is 17.6 Å². The van der Waals surface area contributed by atoms with E-state index in [1.54, 1.807) is 6.07 Å². The summed E-state index contributed by atoms with van der Waals surface area (Å²) in [6.45, 7) is 2.80. The van der Waals surface area contributed by atoms with Gasteiger partial charge in [-0.05, 0) is 31.0 Å². The maximum Gasteiger partial charge on any atom is 0.227 e. The van der Waals surface area contributed by atoms with Crippen molar-refractivity contribution in [1.29, 1.82) is 0 Å². The molecule has 4 heteroatoms. The highest BCUT2D eigenvalue weighted by atomic mass is 19.1. The van der Waals surface area contributed by atoms with Gasteiger partial charge in [-0.25, -0.2) is 4.39 Å². The van der Waals surface area contributed by atoms with Crippen molar-refractivity contribution in [2.75, 3.05) is 18.0 Å². The molecule has 1 fully saturated rings. The molecular formula is C12H15FN2O. The molecule has 2 N–H and O–H groups in total. The minimum absolute atomic E-state index is 0.0383. The second-order valence-electron chi connectivity index (χ2n) is 4.22. The first-order valence-corrected chi connectivity index (χ1v) is 5.39. The van der Waals surface area contributed by atoms with Crippen LogP contribution in [0.3, 0.4) is 0 Å². The van der Waals surface area contributed by atoms with E-state index in [9.17, 15) is 9.18 Å². The highest BCUT2D eigenvalue weighted by Crippen LogP contribution is 2.29. The van der Waals surface area contributed by atoms with Gasteiger partial charge in [0.1, 0.15) is 5.82 Å². The number of carbonyl (C=O) groups is 1. The first-order chi connectivity index (χ1) is 7.63. The maximum atomic E-state index is 13.7. The summed E-state index contributed by atoms with van der Waals surface area (Å²) in [6.07, 6.45) is 0.421. The second kappa shape index (κ2) is 4.22. The molecule has 1 unspecified atom stereocenters. The van der Waals surface area contributed by atoms with Gasteiger partial charge in [-0.1, -0.05) is 12.1 Å². The van der Waals surface area contributed by atoms with Crippen LogP contribution in [0.4, 0.5) is 10.1 Å². The van der Waals surface area contributed by atoms with Gasteiger partial charge in [-0.3, -0.25) is 4.79 Å². The fourth-order valence-electron chi connectivity index (χ4n) is 2.12. The van der Waals surface area contributed by atoms with E-state index in [4.69, 9.17) is 5.73 Å². The van der Waals surface area contributed by atoms with E-state index in [1.165, 1.54) is 11.0 Å². The van der Waals surface area contributed by atoms with Gasteiger partial charge in [0.05, 0.1) is 5.69 Å². The lowest BCUT2D eigenvalue weighted by Crippen LogP contribution is -2.27. The SMILES string of the molecule is Cc1cccc(F)c1N1CC(CN)CC1=O. The summed E-state index contributed by atoms with van der Waals surface area (Å²) < 4.78 is 13.7. The maximum absolute atomic E-state index is 13.7. The van der Waals surface area contributed by atoms with Crippen LogP contribution in [0.15, 0.2) is 18.2 Å². The number of nitrogens with zero attached hydrogens (tertiary/aromatic N) is 1. The average molecular weight is 222 g/mol. The molecule has 0 aromatic heterocycles. The minimum atomic E-state index is -0.342. The number of para-hydroxylation sites is 1. The third-order valence-electron chi connectivity index (χ3n) is 3.00. The molecular weight excluding hydrogens is 207 g/mol. The molecule has 0 aliphatic carbocycles. The van der Waals surface area contributed by atoms with Gasteiger partial charge in [0, 0.05) is 13.0 Å². The Morgan fingerprint density at radius 3 is 2.88 bits per heavy atom. The lowest BCUT2D eigenvalue weighted by Gasteiger charge is -2.19. The fourth-order valence-corrected chi connectivity index (χ4v) is 2.12. The van der Waals surface area contributed by atoms with Crippen LogP contribution in [0.25, 0.3) is 0 Å². The molecule has 16 heavy (non-hydrogen) atoms. The second-order valence-corrected chi connectivity index (χ2v) is 4.22. The summed E-state index contributed by atoms with van der Waals surface area (Å²) in [4.78, 5) is 13.3. The third kappa shape index (κ3) is 1.80. The zero-order valence-corrected chi connectivity index (χ0v) is 9.24. The summed E-state index contributed by atoms with van der Waals surface area (Å²) in [7, 11) is 0. The monoisotopic (exact) mass is 222 g/mol. The molecule has 0 saturated carbocycles. The number of amides is 1. The number of rotatable bonds is 2. The van der Waals surface area contributed by atoms with E-state index in [0.29, 0.717) is 25.2 Å². The minimum Gasteiger partial charge on any atom is -0.330 e. The predicted molar refractivity (Wildman–Crippen MR) is 60.7 cm³/mol. The third-order valence-corrected chi connectivity index (χ3v) is 3.00. The van der Waals surface area contributed by atoms with Gasteiger partial charge in [0.25, 0.3) is 0 Å². The molecule has 1 aromatic carbocycles. The summed E-state index contributed by atoms with van der Waals surface area (Å²) in [6, 6.07) is 4.84. The molecule has 1 atom stereocenters. The number of aryl methyl sites for hydroxylation is 1. The van der Waals surface area contributed by atoms with Gasteiger partial charge < -0.3 is 10.6 Å². The molecule has 1 saturated heterocycles. The van der Waals surface area contributed by atoms with Crippen LogP contribution in [-0.2, 0) is 4.79 Å². The number of nitrogens with two attached hydrogens (primary N) is 1. The van der Waals surface area contributed by atoms with E-state index < -0.39 is 0 Å². The summed E-state index contributed by atoms with van der Waals surface area (Å²) >= 11 is 0. The van der Waals surface area contributed by atoms with Gasteiger partial charge in [-0.2, -0.15) is 0 Å². The van der Waals surface area contributed by atoms with Crippen molar-refractivity contribution in [3.05, 3.63) is 29.6 Å². The molecule has 0 bridgehead atoms. The standard InChI is InChI=1S/C12H15FN2O/c1-8-3-2-4-10(13)12(8)15-7-9(6-14)5-11(15)16/h2-4,9H,5-7,14H2,1H3. The molecule has 3 nitrogen and oxygen atoms in total. The van der Waals surface area contributed by atoms with Crippen molar-refractivity contribution >= 4 is 11.6 Å². The molecule has 1 amide bonds. The lowest BCUT2D eigenvalue weighted by atomic mass is 10.1. The van der Waals surface area contributed by atoms with Crippen LogP contribution in [0, 0.1) is 18.7 Å². The van der Waals surface area contributed by atoms with Gasteiger partial charge in [0.2, 0.25) is 5.91 Å². The zero-order valence-electron chi connectivity index (χ0n) is 9.24. The van der Waals surface area contributed by atoms with Crippen LogP contribution in [0.5, 0.6) is 0 Å². The fraction of sp³-hybridized carbons (Fsp3) is 0.417. The number of carbonyl (C=O) groups excluding carboxylic acids is 1. The predicted octanol–water partition coefficient (Wildman–Crippen LogP) is 1.45. The summed E-state index contributed by atoms with van der Waals surface area (Å²) in [5, 5.41) is 0. The van der Waals surface area contributed by atoms with Crippen LogP contribution >= 0.6 is 0 Å². The Balaban J connectivity index is 2.35. The lowest BCUT2D eigenvalue weighted by molar-refractivity contribution is -0.117. The number of benzene rings is 1. The molecule has 1 aliphatic heterocycles. The van der Waals surface area contributed by atoms with E-state index in [0.717, 1.165) is 5.56 Å². The van der Waals surface area contributed by atoms with Crippen molar-refractivity contribution in [2.24, 2.45) is 11.7 Å². The first-order valence-electron chi connectivity index (χ1n) is 5.39.